The van der Waals surface area contributed by atoms with Gasteiger partial charge in [0.1, 0.15) is 5.60 Å². The summed E-state index contributed by atoms with van der Waals surface area (Å²) in [6, 6.07) is 10.1. The third-order valence-corrected chi connectivity index (χ3v) is 5.97. The fourth-order valence-corrected chi connectivity index (χ4v) is 4.09. The fourth-order valence-electron chi connectivity index (χ4n) is 4.09. The third-order valence-electron chi connectivity index (χ3n) is 5.97. The van der Waals surface area contributed by atoms with Gasteiger partial charge in [-0.2, -0.15) is 0 Å². The highest BCUT2D eigenvalue weighted by atomic mass is 16.5. The molecule has 4 rings (SSSR count). The summed E-state index contributed by atoms with van der Waals surface area (Å²) in [7, 11) is 2.01. The summed E-state index contributed by atoms with van der Waals surface area (Å²) in [6.45, 7) is 2.58. The highest BCUT2D eigenvalue weighted by Crippen LogP contribution is 2.26. The molecule has 6 heteroatoms. The van der Waals surface area contributed by atoms with E-state index in [1.807, 2.05) is 37.5 Å². The van der Waals surface area contributed by atoms with Crippen LogP contribution in [0.5, 0.6) is 0 Å². The smallest absolute Gasteiger partial charge is 0.252 e. The zero-order chi connectivity index (χ0) is 18.9. The number of nitrogens with one attached hydrogen (secondary N) is 1. The number of pyridine rings is 1. The number of para-hydroxylation sites is 1. The first-order valence-corrected chi connectivity index (χ1v) is 9.67. The second kappa shape index (κ2) is 7.54. The Morgan fingerprint density at radius 1 is 1.30 bits per heavy atom. The van der Waals surface area contributed by atoms with E-state index in [0.29, 0.717) is 26.1 Å². The minimum absolute atomic E-state index is 0.0758. The lowest BCUT2D eigenvalue weighted by Crippen LogP contribution is -2.56. The van der Waals surface area contributed by atoms with Gasteiger partial charge >= 0.3 is 0 Å². The van der Waals surface area contributed by atoms with Gasteiger partial charge in [0.2, 0.25) is 0 Å². The van der Waals surface area contributed by atoms with Crippen LogP contribution < -0.4 is 5.32 Å². The molecule has 2 aliphatic rings. The topological polar surface area (TPSA) is 74.7 Å². The Hall–Kier alpha value is -2.02. The summed E-state index contributed by atoms with van der Waals surface area (Å²) in [6.07, 6.45) is 3.60. The number of aromatic nitrogens is 1. The molecule has 2 fully saturated rings. The number of rotatable bonds is 4. The van der Waals surface area contributed by atoms with Gasteiger partial charge in [-0.15, -0.1) is 0 Å². The molecule has 27 heavy (non-hydrogen) atoms. The zero-order valence-corrected chi connectivity index (χ0v) is 15.7. The molecule has 1 amide bonds. The lowest BCUT2D eigenvalue weighted by Gasteiger charge is -2.36. The molecule has 2 N–H and O–H groups in total. The SMILES string of the molecule is CN1CCC(O)(C(=O)NC2COCC2Cc2ccnc3ccccc23)CC1. The van der Waals surface area contributed by atoms with Crippen LogP contribution in [0.25, 0.3) is 10.9 Å². The number of piperidine rings is 1. The molecule has 0 aliphatic carbocycles. The average molecular weight is 369 g/mol. The fraction of sp³-hybridized carbons (Fsp3) is 0.524. The second-order valence-corrected chi connectivity index (χ2v) is 7.90. The van der Waals surface area contributed by atoms with Crippen molar-refractivity contribution in [2.24, 2.45) is 5.92 Å². The van der Waals surface area contributed by atoms with Crippen LogP contribution in [0, 0.1) is 5.92 Å². The van der Waals surface area contributed by atoms with Gasteiger partial charge in [-0.25, -0.2) is 0 Å². The number of aliphatic hydroxyl groups is 1. The van der Waals surface area contributed by atoms with Gasteiger partial charge in [-0.05, 0) is 44.0 Å². The number of nitrogens with zero attached hydrogens (tertiary/aromatic N) is 2. The number of benzene rings is 1. The van der Waals surface area contributed by atoms with E-state index in [2.05, 4.69) is 21.3 Å². The molecule has 0 saturated carbocycles. The van der Waals surface area contributed by atoms with Crippen molar-refractivity contribution >= 4 is 16.8 Å². The van der Waals surface area contributed by atoms with Gasteiger partial charge in [0.25, 0.3) is 5.91 Å². The number of fused-ring (bicyclic) bond motifs is 1. The predicted molar refractivity (Wildman–Crippen MR) is 103 cm³/mol. The van der Waals surface area contributed by atoms with Crippen LogP contribution in [0.15, 0.2) is 36.5 Å². The van der Waals surface area contributed by atoms with Crippen LogP contribution in [0.2, 0.25) is 0 Å². The Balaban J connectivity index is 1.45. The summed E-state index contributed by atoms with van der Waals surface area (Å²) in [5, 5.41) is 15.0. The maximum atomic E-state index is 12.7. The molecular weight excluding hydrogens is 342 g/mol. The zero-order valence-electron chi connectivity index (χ0n) is 15.7. The van der Waals surface area contributed by atoms with E-state index in [-0.39, 0.29) is 17.9 Å². The lowest BCUT2D eigenvalue weighted by atomic mass is 9.89. The van der Waals surface area contributed by atoms with Gasteiger partial charge in [0.15, 0.2) is 0 Å². The van der Waals surface area contributed by atoms with Gasteiger partial charge in [0.05, 0.1) is 24.8 Å². The van der Waals surface area contributed by atoms with Crippen LogP contribution >= 0.6 is 0 Å². The molecule has 3 heterocycles. The van der Waals surface area contributed by atoms with Crippen LogP contribution in [0.4, 0.5) is 0 Å². The van der Waals surface area contributed by atoms with Crippen LogP contribution in [-0.2, 0) is 16.0 Å². The van der Waals surface area contributed by atoms with E-state index in [1.165, 1.54) is 5.56 Å². The van der Waals surface area contributed by atoms with Crippen LogP contribution in [0.3, 0.4) is 0 Å². The maximum Gasteiger partial charge on any atom is 0.252 e. The monoisotopic (exact) mass is 369 g/mol. The molecule has 144 valence electrons. The first kappa shape index (κ1) is 18.3. The Morgan fingerprint density at radius 2 is 2.07 bits per heavy atom. The van der Waals surface area contributed by atoms with E-state index in [1.54, 1.807) is 0 Å². The molecule has 2 aliphatic heterocycles. The number of carbonyl (C=O) groups excluding carboxylic acids is 1. The largest absolute Gasteiger partial charge is 0.380 e. The first-order valence-electron chi connectivity index (χ1n) is 9.67. The van der Waals surface area contributed by atoms with Crippen LogP contribution in [0.1, 0.15) is 18.4 Å². The normalized spacial score (nSPS) is 25.6. The first-order chi connectivity index (χ1) is 13.0. The predicted octanol–water partition coefficient (Wildman–Crippen LogP) is 1.37. The number of amides is 1. The van der Waals surface area contributed by atoms with Crippen molar-refractivity contribution in [1.29, 1.82) is 0 Å². The molecule has 2 unspecified atom stereocenters. The van der Waals surface area contributed by atoms with Crippen molar-refractivity contribution in [3.8, 4) is 0 Å². The molecule has 2 saturated heterocycles. The summed E-state index contributed by atoms with van der Waals surface area (Å²) in [5.74, 6) is -0.0645. The standard InChI is InChI=1S/C21H27N3O3/c1-24-10-7-21(26,8-11-24)20(25)23-19-14-27-13-16(19)12-15-6-9-22-18-5-3-2-4-17(15)18/h2-6,9,16,19,26H,7-8,10-14H2,1H3,(H,23,25). The molecule has 2 atom stereocenters. The Kier molecular flexibility index (Phi) is 5.12. The highest BCUT2D eigenvalue weighted by molar-refractivity contribution is 5.85. The van der Waals surface area contributed by atoms with E-state index >= 15 is 0 Å². The van der Waals surface area contributed by atoms with Crippen molar-refractivity contribution < 1.29 is 14.6 Å². The summed E-state index contributed by atoms with van der Waals surface area (Å²) in [5.41, 5.74) is 0.937. The van der Waals surface area contributed by atoms with Crippen molar-refractivity contribution in [3.63, 3.8) is 0 Å². The van der Waals surface area contributed by atoms with Gasteiger partial charge in [-0.3, -0.25) is 9.78 Å². The molecule has 2 aromatic rings. The average Bonchev–Trinajstić information content (AvgIpc) is 3.11. The molecule has 1 aromatic carbocycles. The summed E-state index contributed by atoms with van der Waals surface area (Å²) >= 11 is 0. The van der Waals surface area contributed by atoms with Gasteiger partial charge in [-0.1, -0.05) is 18.2 Å². The number of ether oxygens (including phenoxy) is 1. The van der Waals surface area contributed by atoms with Crippen molar-refractivity contribution in [1.82, 2.24) is 15.2 Å². The molecule has 0 bridgehead atoms. The Bertz CT molecular complexity index is 812. The minimum atomic E-state index is -1.26. The number of likely N-dealkylation sites (tertiary alicyclic amines) is 1. The van der Waals surface area contributed by atoms with Crippen molar-refractivity contribution in [3.05, 3.63) is 42.1 Å². The molecule has 1 aromatic heterocycles. The van der Waals surface area contributed by atoms with Crippen LogP contribution in [-0.4, -0.2) is 65.9 Å². The van der Waals surface area contributed by atoms with E-state index in [4.69, 9.17) is 4.74 Å². The number of carbonyl (C=O) groups is 1. The second-order valence-electron chi connectivity index (χ2n) is 7.90. The minimum Gasteiger partial charge on any atom is -0.380 e. The van der Waals surface area contributed by atoms with Crippen molar-refractivity contribution in [2.45, 2.75) is 30.9 Å². The van der Waals surface area contributed by atoms with E-state index in [9.17, 15) is 9.90 Å². The quantitative estimate of drug-likeness (QED) is 0.851. The summed E-state index contributed by atoms with van der Waals surface area (Å²) in [4.78, 5) is 19.3. The van der Waals surface area contributed by atoms with Gasteiger partial charge in [0, 0.05) is 30.6 Å². The van der Waals surface area contributed by atoms with Crippen molar-refractivity contribution in [2.75, 3.05) is 33.4 Å². The van der Waals surface area contributed by atoms with Gasteiger partial charge < -0.3 is 20.1 Å². The molecular formula is C21H27N3O3. The number of hydrogen-bond donors (Lipinski definition) is 2. The maximum absolute atomic E-state index is 12.7. The van der Waals surface area contributed by atoms with E-state index in [0.717, 1.165) is 30.4 Å². The van der Waals surface area contributed by atoms with E-state index < -0.39 is 5.60 Å². The summed E-state index contributed by atoms with van der Waals surface area (Å²) < 4.78 is 5.67. The number of hydrogen-bond acceptors (Lipinski definition) is 5. The lowest BCUT2D eigenvalue weighted by molar-refractivity contribution is -0.145. The Morgan fingerprint density at radius 3 is 2.89 bits per heavy atom. The highest BCUT2D eigenvalue weighted by Gasteiger charge is 2.41. The third kappa shape index (κ3) is 3.83. The molecule has 0 radical (unpaired) electrons. The molecule has 6 nitrogen and oxygen atoms in total. The Labute approximate surface area is 159 Å². The molecule has 0 spiro atoms.